The fraction of sp³-hybridized carbons (Fsp3) is 0.500. The first-order chi connectivity index (χ1) is 22.8. The molecule has 0 N–H and O–H groups in total. The van der Waals surface area contributed by atoms with E-state index in [2.05, 4.69) is 92.9 Å². The second-order valence-corrected chi connectivity index (χ2v) is 14.4. The zero-order valence-corrected chi connectivity index (χ0v) is 30.1. The lowest BCUT2D eigenvalue weighted by Gasteiger charge is -2.39. The second kappa shape index (κ2) is 18.6. The molecule has 1 atom stereocenters. The van der Waals surface area contributed by atoms with Gasteiger partial charge in [-0.05, 0) is 113 Å². The Balaban J connectivity index is 1.48. The van der Waals surface area contributed by atoms with Crippen molar-refractivity contribution in [3.63, 3.8) is 0 Å². The van der Waals surface area contributed by atoms with Crippen molar-refractivity contribution in [3.8, 4) is 23.8 Å². The molecule has 1 aliphatic carbocycles. The first kappa shape index (κ1) is 36.9. The molecule has 3 aromatic carbocycles. The number of unbranched alkanes of at least 4 members (excludes halogenated alkanes) is 1. The molecule has 6 nitrogen and oxygen atoms in total. The van der Waals surface area contributed by atoms with E-state index >= 15 is 0 Å². The molecule has 0 bridgehead atoms. The predicted octanol–water partition coefficient (Wildman–Crippen LogP) is 9.61. The second-order valence-electron chi connectivity index (χ2n) is 12.9. The van der Waals surface area contributed by atoms with Gasteiger partial charge in [-0.15, -0.1) is 12.3 Å². The highest BCUT2D eigenvalue weighted by atomic mass is 31.2. The van der Waals surface area contributed by atoms with Crippen molar-refractivity contribution in [2.75, 3.05) is 34.0 Å². The van der Waals surface area contributed by atoms with Crippen molar-refractivity contribution in [1.82, 2.24) is 4.67 Å². The van der Waals surface area contributed by atoms with E-state index in [9.17, 15) is 0 Å². The molecule has 3 aromatic rings. The fourth-order valence-corrected chi connectivity index (χ4v) is 8.23. The molecule has 0 heterocycles. The van der Waals surface area contributed by atoms with Crippen molar-refractivity contribution in [2.45, 2.75) is 83.9 Å². The maximum absolute atomic E-state index is 7.21. The maximum atomic E-state index is 7.21. The molecule has 1 aliphatic rings. The Morgan fingerprint density at radius 2 is 1.21 bits per heavy atom. The summed E-state index contributed by atoms with van der Waals surface area (Å²) in [6, 6.07) is 27.7. The van der Waals surface area contributed by atoms with E-state index in [0.29, 0.717) is 37.1 Å². The summed E-state index contributed by atoms with van der Waals surface area (Å²) in [5.74, 6) is 5.31. The minimum absolute atomic E-state index is 0.336. The van der Waals surface area contributed by atoms with Gasteiger partial charge in [0, 0.05) is 18.5 Å². The van der Waals surface area contributed by atoms with Gasteiger partial charge in [-0.1, -0.05) is 54.6 Å². The van der Waals surface area contributed by atoms with Crippen molar-refractivity contribution >= 4 is 8.53 Å². The summed E-state index contributed by atoms with van der Waals surface area (Å²) < 4.78 is 33.5. The number of nitrogens with zero attached hydrogens (tertiary/aromatic N) is 1. The molecule has 47 heavy (non-hydrogen) atoms. The Morgan fingerprint density at radius 1 is 0.723 bits per heavy atom. The molecule has 0 spiro atoms. The normalized spacial score (nSPS) is 17.5. The van der Waals surface area contributed by atoms with Crippen LogP contribution < -0.4 is 9.47 Å². The summed E-state index contributed by atoms with van der Waals surface area (Å²) in [5, 5.41) is 0. The average molecular weight is 660 g/mol. The Hall–Kier alpha value is -2.91. The maximum Gasteiger partial charge on any atom is 0.259 e. The molecular weight excluding hydrogens is 605 g/mol. The average Bonchev–Trinajstić information content (AvgIpc) is 3.10. The highest BCUT2D eigenvalue weighted by Gasteiger charge is 2.39. The summed E-state index contributed by atoms with van der Waals surface area (Å²) in [7, 11) is 2.25. The number of rotatable bonds is 18. The monoisotopic (exact) mass is 659 g/mol. The van der Waals surface area contributed by atoms with Crippen molar-refractivity contribution in [2.24, 2.45) is 11.8 Å². The summed E-state index contributed by atoms with van der Waals surface area (Å²) in [6.07, 6.45) is 11.5. The van der Waals surface area contributed by atoms with Gasteiger partial charge >= 0.3 is 0 Å². The molecule has 0 saturated heterocycles. The minimum atomic E-state index is -1.14. The molecule has 254 valence electrons. The summed E-state index contributed by atoms with van der Waals surface area (Å²) in [5.41, 5.74) is 2.43. The van der Waals surface area contributed by atoms with Gasteiger partial charge in [0.25, 0.3) is 8.53 Å². The van der Waals surface area contributed by atoms with Gasteiger partial charge in [0.15, 0.2) is 0 Å². The third kappa shape index (κ3) is 9.82. The van der Waals surface area contributed by atoms with Crippen LogP contribution in [0.3, 0.4) is 0 Å². The lowest BCUT2D eigenvalue weighted by atomic mass is 9.79. The van der Waals surface area contributed by atoms with Crippen LogP contribution in [-0.2, 0) is 19.4 Å². The smallest absolute Gasteiger partial charge is 0.259 e. The molecule has 1 fully saturated rings. The zero-order chi connectivity index (χ0) is 33.6. The Labute approximate surface area is 285 Å². The van der Waals surface area contributed by atoms with Crippen LogP contribution in [0.1, 0.15) is 82.9 Å². The van der Waals surface area contributed by atoms with Crippen LogP contribution in [0.5, 0.6) is 11.5 Å². The number of hydrogen-bond acceptors (Lipinski definition) is 6. The molecular formula is C40H54NO5P. The number of benzene rings is 3. The highest BCUT2D eigenvalue weighted by Crippen LogP contribution is 2.48. The largest absolute Gasteiger partial charge is 0.497 e. The summed E-state index contributed by atoms with van der Waals surface area (Å²) >= 11 is 0. The quantitative estimate of drug-likeness (QED) is 0.0587. The number of ether oxygens (including phenoxy) is 3. The SMILES string of the molecule is C#CCCCOP(OCC1CCC(COC(c2ccccc2)(c2ccc(OC)cc2)c2ccc(OC)cc2)CC1)N(C(C)C)C(C)C. The van der Waals surface area contributed by atoms with Crippen molar-refractivity contribution < 1.29 is 23.3 Å². The Morgan fingerprint density at radius 3 is 1.68 bits per heavy atom. The summed E-state index contributed by atoms with van der Waals surface area (Å²) in [4.78, 5) is 0. The van der Waals surface area contributed by atoms with Gasteiger partial charge in [-0.25, -0.2) is 4.67 Å². The molecule has 0 radical (unpaired) electrons. The molecule has 7 heteroatoms. The van der Waals surface area contributed by atoms with Crippen LogP contribution >= 0.6 is 8.53 Å². The van der Waals surface area contributed by atoms with Gasteiger partial charge in [0.1, 0.15) is 17.1 Å². The van der Waals surface area contributed by atoms with Gasteiger partial charge in [0.2, 0.25) is 0 Å². The van der Waals surface area contributed by atoms with Crippen LogP contribution in [0, 0.1) is 24.2 Å². The molecule has 0 aromatic heterocycles. The molecule has 1 saturated carbocycles. The standard InChI is InChI=1S/C40H54NO5P/c1-8-9-13-28-45-47(41(31(2)3)32(4)5)46-30-34-18-16-33(17-19-34)29-44-40(35-14-11-10-12-15-35,36-20-24-38(42-6)25-21-36)37-22-26-39(43-7)27-23-37/h1,10-12,14-15,20-27,31-34H,9,13,16-19,28-30H2,2-7H3. The fourth-order valence-electron chi connectivity index (χ4n) is 6.51. The number of hydrogen-bond donors (Lipinski definition) is 0. The van der Waals surface area contributed by atoms with E-state index < -0.39 is 14.1 Å². The lowest BCUT2D eigenvalue weighted by molar-refractivity contribution is -0.0189. The van der Waals surface area contributed by atoms with E-state index in [1.807, 2.05) is 24.3 Å². The summed E-state index contributed by atoms with van der Waals surface area (Å²) in [6.45, 7) is 10.8. The molecule has 1 unspecified atom stereocenters. The van der Waals surface area contributed by atoms with Crippen LogP contribution in [-0.4, -0.2) is 50.8 Å². The minimum Gasteiger partial charge on any atom is -0.497 e. The van der Waals surface area contributed by atoms with Crippen LogP contribution in [0.15, 0.2) is 78.9 Å². The predicted molar refractivity (Wildman–Crippen MR) is 193 cm³/mol. The molecule has 4 rings (SSSR count). The van der Waals surface area contributed by atoms with E-state index in [0.717, 1.165) is 73.3 Å². The first-order valence-corrected chi connectivity index (χ1v) is 18.2. The Bertz CT molecular complexity index is 1290. The molecule has 0 amide bonds. The van der Waals surface area contributed by atoms with Crippen LogP contribution in [0.2, 0.25) is 0 Å². The van der Waals surface area contributed by atoms with Gasteiger partial charge in [-0.2, -0.15) is 0 Å². The Kier molecular flexibility index (Phi) is 14.6. The van der Waals surface area contributed by atoms with Crippen molar-refractivity contribution in [1.29, 1.82) is 0 Å². The molecule has 0 aliphatic heterocycles. The van der Waals surface area contributed by atoms with Gasteiger partial charge in [0.05, 0.1) is 34.0 Å². The number of methoxy groups -OCH3 is 2. The van der Waals surface area contributed by atoms with Crippen LogP contribution in [0.4, 0.5) is 0 Å². The zero-order valence-electron chi connectivity index (χ0n) is 29.2. The number of terminal acetylenes is 1. The third-order valence-electron chi connectivity index (χ3n) is 9.01. The van der Waals surface area contributed by atoms with E-state index in [4.69, 9.17) is 29.7 Å². The van der Waals surface area contributed by atoms with Crippen molar-refractivity contribution in [3.05, 3.63) is 95.6 Å². The van der Waals surface area contributed by atoms with E-state index in [1.54, 1.807) is 14.2 Å². The van der Waals surface area contributed by atoms with Crippen LogP contribution in [0.25, 0.3) is 0 Å². The van der Waals surface area contributed by atoms with Gasteiger partial charge in [-0.3, -0.25) is 0 Å². The topological polar surface area (TPSA) is 49.4 Å². The van der Waals surface area contributed by atoms with Gasteiger partial charge < -0.3 is 23.3 Å². The highest BCUT2D eigenvalue weighted by molar-refractivity contribution is 7.44. The first-order valence-electron chi connectivity index (χ1n) is 17.1. The third-order valence-corrected chi connectivity index (χ3v) is 11.1. The lowest BCUT2D eigenvalue weighted by Crippen LogP contribution is -2.35. The van der Waals surface area contributed by atoms with E-state index in [1.165, 1.54) is 0 Å². The van der Waals surface area contributed by atoms with E-state index in [-0.39, 0.29) is 0 Å².